The average Bonchev–Trinajstić information content (AvgIpc) is 2.53. The summed E-state index contributed by atoms with van der Waals surface area (Å²) in [5.74, 6) is -0.440. The van der Waals surface area contributed by atoms with E-state index in [-0.39, 0.29) is 11.6 Å². The molecule has 0 aliphatic rings. The molecule has 0 fully saturated rings. The van der Waals surface area contributed by atoms with E-state index in [1.165, 1.54) is 0 Å². The normalized spacial score (nSPS) is 12.5. The van der Waals surface area contributed by atoms with Gasteiger partial charge < -0.3 is 15.2 Å². The number of hydrogen-bond donors (Lipinski definition) is 2. The molecule has 1 atom stereocenters. The Morgan fingerprint density at radius 3 is 2.76 bits per heavy atom. The first-order valence-electron chi connectivity index (χ1n) is 5.53. The largest absolute Gasteiger partial charge is 0.477 e. The summed E-state index contributed by atoms with van der Waals surface area (Å²) in [6, 6.07) is 0.0768. The Labute approximate surface area is 101 Å². The van der Waals surface area contributed by atoms with E-state index in [9.17, 15) is 4.79 Å². The molecule has 1 rings (SSSR count). The third-order valence-corrected chi connectivity index (χ3v) is 2.64. The van der Waals surface area contributed by atoms with Gasteiger partial charge in [0, 0.05) is 14.2 Å². The van der Waals surface area contributed by atoms with Gasteiger partial charge in [0.2, 0.25) is 0 Å². The SMILES string of the molecule is CCC(COC)Nc1c(C(=O)O)c(C)nn1C. The molecule has 1 heterocycles. The fourth-order valence-electron chi connectivity index (χ4n) is 1.74. The molecule has 0 bridgehead atoms. The van der Waals surface area contributed by atoms with Crippen LogP contribution in [0, 0.1) is 6.92 Å². The van der Waals surface area contributed by atoms with Crippen LogP contribution in [0.1, 0.15) is 29.4 Å². The number of aryl methyl sites for hydroxylation is 2. The minimum absolute atomic E-state index is 0.0768. The van der Waals surface area contributed by atoms with Crippen molar-refractivity contribution in [2.45, 2.75) is 26.3 Å². The molecule has 1 aromatic heterocycles. The van der Waals surface area contributed by atoms with Crippen molar-refractivity contribution in [2.24, 2.45) is 7.05 Å². The highest BCUT2D eigenvalue weighted by atomic mass is 16.5. The van der Waals surface area contributed by atoms with Crippen LogP contribution < -0.4 is 5.32 Å². The highest BCUT2D eigenvalue weighted by Gasteiger charge is 2.21. The zero-order valence-corrected chi connectivity index (χ0v) is 10.6. The number of methoxy groups -OCH3 is 1. The second-order valence-corrected chi connectivity index (χ2v) is 3.94. The quantitative estimate of drug-likeness (QED) is 0.784. The van der Waals surface area contributed by atoms with Crippen LogP contribution in [0.4, 0.5) is 5.82 Å². The average molecular weight is 241 g/mol. The third-order valence-electron chi connectivity index (χ3n) is 2.64. The molecule has 6 heteroatoms. The first kappa shape index (κ1) is 13.5. The van der Waals surface area contributed by atoms with Crippen LogP contribution in [0.3, 0.4) is 0 Å². The predicted octanol–water partition coefficient (Wildman–Crippen LogP) is 1.26. The van der Waals surface area contributed by atoms with Crippen molar-refractivity contribution in [2.75, 3.05) is 19.0 Å². The molecule has 0 saturated carbocycles. The van der Waals surface area contributed by atoms with Gasteiger partial charge in [-0.05, 0) is 13.3 Å². The summed E-state index contributed by atoms with van der Waals surface area (Å²) in [6.07, 6.45) is 0.844. The van der Waals surface area contributed by atoms with Gasteiger partial charge in [0.25, 0.3) is 0 Å². The van der Waals surface area contributed by atoms with Crippen LogP contribution in [-0.2, 0) is 11.8 Å². The van der Waals surface area contributed by atoms with Crippen molar-refractivity contribution >= 4 is 11.8 Å². The van der Waals surface area contributed by atoms with E-state index in [1.807, 2.05) is 6.92 Å². The maximum atomic E-state index is 11.2. The van der Waals surface area contributed by atoms with Gasteiger partial charge in [0.05, 0.1) is 18.3 Å². The summed E-state index contributed by atoms with van der Waals surface area (Å²) in [4.78, 5) is 11.2. The van der Waals surface area contributed by atoms with Crippen molar-refractivity contribution in [3.63, 3.8) is 0 Å². The van der Waals surface area contributed by atoms with Crippen molar-refractivity contribution < 1.29 is 14.6 Å². The minimum atomic E-state index is -0.967. The van der Waals surface area contributed by atoms with Crippen molar-refractivity contribution in [3.05, 3.63) is 11.3 Å². The molecule has 6 nitrogen and oxygen atoms in total. The molecule has 1 aromatic rings. The van der Waals surface area contributed by atoms with E-state index < -0.39 is 5.97 Å². The Bertz CT molecular complexity index is 401. The Hall–Kier alpha value is -1.56. The lowest BCUT2D eigenvalue weighted by Crippen LogP contribution is -2.26. The third kappa shape index (κ3) is 2.97. The summed E-state index contributed by atoms with van der Waals surface area (Å²) in [5, 5.41) is 16.4. The van der Waals surface area contributed by atoms with Crippen LogP contribution >= 0.6 is 0 Å². The second kappa shape index (κ2) is 5.67. The number of hydrogen-bond acceptors (Lipinski definition) is 4. The minimum Gasteiger partial charge on any atom is -0.477 e. The molecule has 0 aromatic carbocycles. The Kier molecular flexibility index (Phi) is 4.51. The Morgan fingerprint density at radius 2 is 2.29 bits per heavy atom. The van der Waals surface area contributed by atoms with Gasteiger partial charge in [-0.15, -0.1) is 0 Å². The van der Waals surface area contributed by atoms with E-state index in [1.54, 1.807) is 25.8 Å². The fourth-order valence-corrected chi connectivity index (χ4v) is 1.74. The van der Waals surface area contributed by atoms with Crippen LogP contribution in [0.2, 0.25) is 0 Å². The van der Waals surface area contributed by atoms with Crippen LogP contribution in [-0.4, -0.2) is 40.6 Å². The number of ether oxygens (including phenoxy) is 1. The van der Waals surface area contributed by atoms with Gasteiger partial charge in [-0.25, -0.2) is 4.79 Å². The van der Waals surface area contributed by atoms with Crippen molar-refractivity contribution in [1.29, 1.82) is 0 Å². The molecular formula is C11H19N3O3. The molecule has 0 amide bonds. The highest BCUT2D eigenvalue weighted by molar-refractivity contribution is 5.94. The second-order valence-electron chi connectivity index (χ2n) is 3.94. The predicted molar refractivity (Wildman–Crippen MR) is 64.5 cm³/mol. The highest BCUT2D eigenvalue weighted by Crippen LogP contribution is 2.20. The molecule has 0 saturated heterocycles. The molecule has 96 valence electrons. The van der Waals surface area contributed by atoms with Gasteiger partial charge in [-0.2, -0.15) is 5.10 Å². The maximum absolute atomic E-state index is 11.2. The number of anilines is 1. The number of carboxylic acids is 1. The van der Waals surface area contributed by atoms with E-state index in [4.69, 9.17) is 9.84 Å². The molecule has 17 heavy (non-hydrogen) atoms. The van der Waals surface area contributed by atoms with Gasteiger partial charge in [0.1, 0.15) is 11.4 Å². The number of nitrogens with one attached hydrogen (secondary N) is 1. The van der Waals surface area contributed by atoms with Gasteiger partial charge in [-0.1, -0.05) is 6.92 Å². The number of carbonyl (C=O) groups is 1. The summed E-state index contributed by atoms with van der Waals surface area (Å²) in [7, 11) is 3.35. The van der Waals surface area contributed by atoms with Crippen LogP contribution in [0.25, 0.3) is 0 Å². The fraction of sp³-hybridized carbons (Fsp3) is 0.636. The summed E-state index contributed by atoms with van der Waals surface area (Å²) in [6.45, 7) is 4.23. The van der Waals surface area contributed by atoms with Crippen LogP contribution in [0.5, 0.6) is 0 Å². The molecule has 0 aliphatic carbocycles. The van der Waals surface area contributed by atoms with Crippen molar-refractivity contribution in [1.82, 2.24) is 9.78 Å². The smallest absolute Gasteiger partial charge is 0.341 e. The van der Waals surface area contributed by atoms with Crippen LogP contribution in [0.15, 0.2) is 0 Å². The molecule has 0 radical (unpaired) electrons. The maximum Gasteiger partial charge on any atom is 0.341 e. The lowest BCUT2D eigenvalue weighted by Gasteiger charge is -2.17. The first-order valence-corrected chi connectivity index (χ1v) is 5.53. The summed E-state index contributed by atoms with van der Waals surface area (Å²) < 4.78 is 6.63. The zero-order valence-electron chi connectivity index (χ0n) is 10.6. The molecule has 0 spiro atoms. The molecule has 2 N–H and O–H groups in total. The van der Waals surface area contributed by atoms with E-state index in [2.05, 4.69) is 10.4 Å². The molecular weight excluding hydrogens is 222 g/mol. The number of aromatic carboxylic acids is 1. The number of nitrogens with zero attached hydrogens (tertiary/aromatic N) is 2. The Balaban J connectivity index is 3.00. The standard InChI is InChI=1S/C11H19N3O3/c1-5-8(6-17-4)12-10-9(11(15)16)7(2)13-14(10)3/h8,12H,5-6H2,1-4H3,(H,15,16). The van der Waals surface area contributed by atoms with Gasteiger partial charge >= 0.3 is 5.97 Å². The summed E-state index contributed by atoms with van der Waals surface area (Å²) in [5.41, 5.74) is 0.733. The van der Waals surface area contributed by atoms with E-state index in [0.717, 1.165) is 6.42 Å². The van der Waals surface area contributed by atoms with Crippen molar-refractivity contribution in [3.8, 4) is 0 Å². The number of rotatable bonds is 6. The van der Waals surface area contributed by atoms with E-state index in [0.29, 0.717) is 18.1 Å². The Morgan fingerprint density at radius 1 is 1.65 bits per heavy atom. The summed E-state index contributed by atoms with van der Waals surface area (Å²) >= 11 is 0. The lowest BCUT2D eigenvalue weighted by atomic mass is 10.2. The zero-order chi connectivity index (χ0) is 13.0. The van der Waals surface area contributed by atoms with Gasteiger partial charge in [-0.3, -0.25) is 4.68 Å². The van der Waals surface area contributed by atoms with Gasteiger partial charge in [0.15, 0.2) is 0 Å². The topological polar surface area (TPSA) is 76.4 Å². The monoisotopic (exact) mass is 241 g/mol. The van der Waals surface area contributed by atoms with E-state index >= 15 is 0 Å². The lowest BCUT2D eigenvalue weighted by molar-refractivity contribution is 0.0697. The number of carboxylic acid groups (broad SMARTS) is 1. The first-order chi connectivity index (χ1) is 8.01. The number of aromatic nitrogens is 2. The molecule has 1 unspecified atom stereocenters. The molecule has 0 aliphatic heterocycles.